The number of aryl methyl sites for hydroxylation is 1. The van der Waals surface area contributed by atoms with Crippen LogP contribution in [0.15, 0.2) is 24.3 Å². The predicted octanol–water partition coefficient (Wildman–Crippen LogP) is 3.07. The molecule has 1 aromatic rings. The molecule has 3 N–H and O–H groups in total. The van der Waals surface area contributed by atoms with Gasteiger partial charge in [0.2, 0.25) is 5.91 Å². The summed E-state index contributed by atoms with van der Waals surface area (Å²) in [4.78, 5) is 11.7. The molecule has 0 aromatic heterocycles. The van der Waals surface area contributed by atoms with Gasteiger partial charge in [-0.1, -0.05) is 18.6 Å². The summed E-state index contributed by atoms with van der Waals surface area (Å²) < 4.78 is 5.14. The number of rotatable bonds is 10. The van der Waals surface area contributed by atoms with Crippen LogP contribution in [0, 0.1) is 5.92 Å². The van der Waals surface area contributed by atoms with Gasteiger partial charge in [-0.3, -0.25) is 4.79 Å². The Morgan fingerprint density at radius 2 is 1.96 bits per heavy atom. The molecule has 1 unspecified atom stereocenters. The third-order valence-corrected chi connectivity index (χ3v) is 4.29. The van der Waals surface area contributed by atoms with Crippen molar-refractivity contribution in [2.45, 2.75) is 51.0 Å². The van der Waals surface area contributed by atoms with Crippen LogP contribution < -0.4 is 15.8 Å². The van der Waals surface area contributed by atoms with Crippen molar-refractivity contribution < 1.29 is 9.53 Å². The Balaban J connectivity index is 0.00000264. The molecule has 0 aliphatic heterocycles. The van der Waals surface area contributed by atoms with Gasteiger partial charge in [-0.2, -0.15) is 0 Å². The zero-order chi connectivity index (χ0) is 15.8. The van der Waals surface area contributed by atoms with E-state index in [1.54, 1.807) is 7.11 Å². The third-order valence-electron chi connectivity index (χ3n) is 4.29. The highest BCUT2D eigenvalue weighted by molar-refractivity contribution is 5.85. The molecule has 1 saturated carbocycles. The Bertz CT molecular complexity index is 461. The van der Waals surface area contributed by atoms with Crippen LogP contribution in [0.25, 0.3) is 0 Å². The van der Waals surface area contributed by atoms with E-state index < -0.39 is 0 Å². The van der Waals surface area contributed by atoms with Gasteiger partial charge in [0.15, 0.2) is 0 Å². The lowest BCUT2D eigenvalue weighted by molar-refractivity contribution is -0.121. The molecule has 1 amide bonds. The van der Waals surface area contributed by atoms with Gasteiger partial charge in [0, 0.05) is 19.0 Å². The van der Waals surface area contributed by atoms with Crippen molar-refractivity contribution >= 4 is 18.3 Å². The van der Waals surface area contributed by atoms with Crippen LogP contribution in [0.3, 0.4) is 0 Å². The quantitative estimate of drug-likeness (QED) is 0.643. The summed E-state index contributed by atoms with van der Waals surface area (Å²) in [6, 6.07) is 8.34. The number of halogens is 1. The first kappa shape index (κ1) is 19.8. The molecule has 0 spiro atoms. The summed E-state index contributed by atoms with van der Waals surface area (Å²) in [5.41, 5.74) is 7.29. The highest BCUT2D eigenvalue weighted by atomic mass is 35.5. The summed E-state index contributed by atoms with van der Waals surface area (Å²) in [5.74, 6) is 1.68. The van der Waals surface area contributed by atoms with Gasteiger partial charge in [0.1, 0.15) is 5.75 Å². The Hall–Kier alpha value is -1.26. The van der Waals surface area contributed by atoms with Gasteiger partial charge >= 0.3 is 0 Å². The number of methoxy groups -OCH3 is 1. The molecular weight excluding hydrogens is 312 g/mol. The molecule has 0 bridgehead atoms. The molecule has 2 rings (SSSR count). The van der Waals surface area contributed by atoms with Crippen molar-refractivity contribution in [2.24, 2.45) is 11.7 Å². The monoisotopic (exact) mass is 340 g/mol. The molecule has 1 aromatic carbocycles. The second-order valence-corrected chi connectivity index (χ2v) is 6.21. The Morgan fingerprint density at radius 3 is 2.57 bits per heavy atom. The fourth-order valence-corrected chi connectivity index (χ4v) is 2.59. The molecule has 1 aliphatic rings. The second-order valence-electron chi connectivity index (χ2n) is 6.21. The maximum absolute atomic E-state index is 11.7. The Labute approximate surface area is 145 Å². The minimum absolute atomic E-state index is 0. The van der Waals surface area contributed by atoms with E-state index in [2.05, 4.69) is 17.4 Å². The van der Waals surface area contributed by atoms with E-state index in [0.717, 1.165) is 31.4 Å². The van der Waals surface area contributed by atoms with Crippen molar-refractivity contribution in [1.82, 2.24) is 5.32 Å². The van der Waals surface area contributed by atoms with E-state index in [1.165, 1.54) is 18.4 Å². The topological polar surface area (TPSA) is 64.3 Å². The Morgan fingerprint density at radius 1 is 1.26 bits per heavy atom. The minimum atomic E-state index is 0. The van der Waals surface area contributed by atoms with E-state index in [1.807, 2.05) is 12.1 Å². The number of amides is 1. The van der Waals surface area contributed by atoms with Crippen LogP contribution in [0.2, 0.25) is 0 Å². The summed E-state index contributed by atoms with van der Waals surface area (Å²) in [6.45, 7) is 0.634. The highest BCUT2D eigenvalue weighted by Crippen LogP contribution is 2.31. The standard InChI is InChI=1S/C18H28N2O2.ClH/c1-22-16-11-7-14(8-12-16)5-3-2-4-6-18(21)20-13-17(19)15-9-10-15;/h7-8,11-12,15,17H,2-6,9-10,13,19H2,1H3,(H,20,21);1H. The number of hydrogen-bond acceptors (Lipinski definition) is 3. The number of unbranched alkanes of at least 4 members (excludes halogenated alkanes) is 2. The highest BCUT2D eigenvalue weighted by Gasteiger charge is 2.28. The molecular formula is C18H29ClN2O2. The predicted molar refractivity (Wildman–Crippen MR) is 96.1 cm³/mol. The molecule has 130 valence electrons. The first-order chi connectivity index (χ1) is 10.7. The van der Waals surface area contributed by atoms with Crippen LogP contribution in [-0.4, -0.2) is 25.6 Å². The zero-order valence-electron chi connectivity index (χ0n) is 13.9. The molecule has 4 nitrogen and oxygen atoms in total. The van der Waals surface area contributed by atoms with Crippen LogP contribution in [0.1, 0.15) is 44.1 Å². The van der Waals surface area contributed by atoms with Crippen molar-refractivity contribution in [3.63, 3.8) is 0 Å². The van der Waals surface area contributed by atoms with Crippen molar-refractivity contribution in [1.29, 1.82) is 0 Å². The van der Waals surface area contributed by atoms with Crippen molar-refractivity contribution in [2.75, 3.05) is 13.7 Å². The number of carbonyl (C=O) groups excluding carboxylic acids is 1. The summed E-state index contributed by atoms with van der Waals surface area (Å²) in [5, 5.41) is 2.95. The molecule has 1 aliphatic carbocycles. The number of hydrogen-bond donors (Lipinski definition) is 2. The lowest BCUT2D eigenvalue weighted by Crippen LogP contribution is -2.38. The maximum atomic E-state index is 11.7. The number of nitrogens with one attached hydrogen (secondary N) is 1. The van der Waals surface area contributed by atoms with E-state index in [4.69, 9.17) is 10.5 Å². The lowest BCUT2D eigenvalue weighted by Gasteiger charge is -2.11. The molecule has 0 radical (unpaired) electrons. The van der Waals surface area contributed by atoms with Crippen LogP contribution in [0.4, 0.5) is 0 Å². The van der Waals surface area contributed by atoms with Crippen molar-refractivity contribution in [3.05, 3.63) is 29.8 Å². The van der Waals surface area contributed by atoms with Crippen LogP contribution >= 0.6 is 12.4 Å². The van der Waals surface area contributed by atoms with Crippen molar-refractivity contribution in [3.8, 4) is 5.75 Å². The van der Waals surface area contributed by atoms with Gasteiger partial charge in [0.05, 0.1) is 7.11 Å². The van der Waals surface area contributed by atoms with Crippen LogP contribution in [0.5, 0.6) is 5.75 Å². The SMILES string of the molecule is COc1ccc(CCCCCC(=O)NCC(N)C2CC2)cc1.Cl. The van der Waals surface area contributed by atoms with E-state index in [0.29, 0.717) is 18.9 Å². The normalized spacial score (nSPS) is 14.7. The van der Waals surface area contributed by atoms with Gasteiger partial charge in [-0.25, -0.2) is 0 Å². The maximum Gasteiger partial charge on any atom is 0.220 e. The minimum Gasteiger partial charge on any atom is -0.497 e. The molecule has 5 heteroatoms. The Kier molecular flexibility index (Phi) is 9.03. The molecule has 23 heavy (non-hydrogen) atoms. The first-order valence-electron chi connectivity index (χ1n) is 8.34. The summed E-state index contributed by atoms with van der Waals surface area (Å²) >= 11 is 0. The number of nitrogens with two attached hydrogens (primary N) is 1. The summed E-state index contributed by atoms with van der Waals surface area (Å²) in [6.07, 6.45) is 7.25. The third kappa shape index (κ3) is 7.71. The summed E-state index contributed by atoms with van der Waals surface area (Å²) in [7, 11) is 1.68. The molecule has 1 fully saturated rings. The number of ether oxygens (including phenoxy) is 1. The van der Waals surface area contributed by atoms with Gasteiger partial charge in [-0.05, 0) is 55.7 Å². The van der Waals surface area contributed by atoms with Gasteiger partial charge in [-0.15, -0.1) is 12.4 Å². The largest absolute Gasteiger partial charge is 0.497 e. The lowest BCUT2D eigenvalue weighted by atomic mass is 10.1. The average Bonchev–Trinajstić information content (AvgIpc) is 3.38. The molecule has 0 saturated heterocycles. The first-order valence-corrected chi connectivity index (χ1v) is 8.34. The average molecular weight is 341 g/mol. The molecule has 1 atom stereocenters. The van der Waals surface area contributed by atoms with E-state index in [9.17, 15) is 4.79 Å². The molecule has 0 heterocycles. The van der Waals surface area contributed by atoms with Crippen LogP contribution in [-0.2, 0) is 11.2 Å². The number of benzene rings is 1. The van der Waals surface area contributed by atoms with E-state index >= 15 is 0 Å². The number of carbonyl (C=O) groups is 1. The zero-order valence-corrected chi connectivity index (χ0v) is 14.7. The fraction of sp³-hybridized carbons (Fsp3) is 0.611. The van der Waals surface area contributed by atoms with E-state index in [-0.39, 0.29) is 24.4 Å². The van der Waals surface area contributed by atoms with Gasteiger partial charge < -0.3 is 15.8 Å². The second kappa shape index (κ2) is 10.5. The fourth-order valence-electron chi connectivity index (χ4n) is 2.59. The van der Waals surface area contributed by atoms with Gasteiger partial charge in [0.25, 0.3) is 0 Å². The smallest absolute Gasteiger partial charge is 0.220 e.